The summed E-state index contributed by atoms with van der Waals surface area (Å²) < 4.78 is 16.9. The Hall–Kier alpha value is -1.26. The van der Waals surface area contributed by atoms with E-state index in [1.165, 1.54) is 0 Å². The summed E-state index contributed by atoms with van der Waals surface area (Å²) in [6, 6.07) is 5.43. The maximum atomic E-state index is 9.15. The Bertz CT molecular complexity index is 428. The Morgan fingerprint density at radius 1 is 1.37 bits per heavy atom. The lowest BCUT2D eigenvalue weighted by Crippen LogP contribution is -2.24. The molecule has 0 amide bonds. The molecular formula is C15H22O4. The molecule has 1 N–H and O–H groups in total. The maximum absolute atomic E-state index is 9.15. The Balaban J connectivity index is 1.98. The van der Waals surface area contributed by atoms with Gasteiger partial charge in [0.25, 0.3) is 0 Å². The lowest BCUT2D eigenvalue weighted by molar-refractivity contribution is -0.0329. The van der Waals surface area contributed by atoms with Crippen LogP contribution in [-0.2, 0) is 11.3 Å². The number of methoxy groups -OCH3 is 1. The van der Waals surface area contributed by atoms with Crippen molar-refractivity contribution in [2.24, 2.45) is 0 Å². The molecule has 0 radical (unpaired) electrons. The van der Waals surface area contributed by atoms with Gasteiger partial charge in [-0.3, -0.25) is 0 Å². The molecule has 0 aromatic heterocycles. The van der Waals surface area contributed by atoms with Crippen LogP contribution in [0.4, 0.5) is 0 Å². The topological polar surface area (TPSA) is 47.9 Å². The molecule has 4 nitrogen and oxygen atoms in total. The highest BCUT2D eigenvalue weighted by Gasteiger charge is 2.32. The largest absolute Gasteiger partial charge is 0.493 e. The molecule has 0 bridgehead atoms. The molecule has 1 aliphatic rings. The first kappa shape index (κ1) is 14.2. The summed E-state index contributed by atoms with van der Waals surface area (Å²) in [4.78, 5) is 0. The lowest BCUT2D eigenvalue weighted by Gasteiger charge is -2.20. The van der Waals surface area contributed by atoms with Gasteiger partial charge in [-0.15, -0.1) is 0 Å². The third-order valence-electron chi connectivity index (χ3n) is 3.39. The molecule has 4 heteroatoms. The van der Waals surface area contributed by atoms with Crippen molar-refractivity contribution in [3.8, 4) is 11.5 Å². The van der Waals surface area contributed by atoms with Crippen LogP contribution < -0.4 is 9.47 Å². The van der Waals surface area contributed by atoms with Gasteiger partial charge in [0.1, 0.15) is 6.61 Å². The fourth-order valence-corrected chi connectivity index (χ4v) is 2.31. The lowest BCUT2D eigenvalue weighted by atomic mass is 10.1. The van der Waals surface area contributed by atoms with Crippen LogP contribution in [0.1, 0.15) is 32.3 Å². The van der Waals surface area contributed by atoms with Crippen molar-refractivity contribution >= 4 is 0 Å². The second-order valence-electron chi connectivity index (χ2n) is 5.49. The molecule has 1 aromatic carbocycles. The molecule has 19 heavy (non-hydrogen) atoms. The van der Waals surface area contributed by atoms with Crippen LogP contribution in [-0.4, -0.2) is 30.5 Å². The van der Waals surface area contributed by atoms with Crippen molar-refractivity contribution in [2.75, 3.05) is 13.7 Å². The van der Waals surface area contributed by atoms with Crippen LogP contribution >= 0.6 is 0 Å². The molecule has 106 valence electrons. The fraction of sp³-hybridized carbons (Fsp3) is 0.600. The molecular weight excluding hydrogens is 244 g/mol. The van der Waals surface area contributed by atoms with E-state index in [1.807, 2.05) is 6.07 Å². The van der Waals surface area contributed by atoms with Gasteiger partial charge in [0.05, 0.1) is 25.4 Å². The highest BCUT2D eigenvalue weighted by Crippen LogP contribution is 2.32. The van der Waals surface area contributed by atoms with E-state index in [9.17, 15) is 0 Å². The average Bonchev–Trinajstić information content (AvgIpc) is 2.75. The summed E-state index contributed by atoms with van der Waals surface area (Å²) in [5, 5.41) is 9.15. The van der Waals surface area contributed by atoms with Crippen molar-refractivity contribution in [2.45, 2.75) is 45.0 Å². The van der Waals surface area contributed by atoms with Gasteiger partial charge in [0, 0.05) is 0 Å². The summed E-state index contributed by atoms with van der Waals surface area (Å²) >= 11 is 0. The minimum Gasteiger partial charge on any atom is -0.493 e. The molecule has 2 rings (SSSR count). The normalized spacial score (nSPS) is 21.4. The first-order valence-electron chi connectivity index (χ1n) is 6.62. The summed E-state index contributed by atoms with van der Waals surface area (Å²) in [5.41, 5.74) is 0.758. The van der Waals surface area contributed by atoms with E-state index in [0.29, 0.717) is 18.1 Å². The first-order chi connectivity index (χ1) is 9.04. The molecule has 0 saturated carbocycles. The second kappa shape index (κ2) is 5.80. The average molecular weight is 266 g/mol. The Labute approximate surface area is 114 Å². The highest BCUT2D eigenvalue weighted by atomic mass is 16.6. The SMILES string of the molecule is COc1ccc(CO)cc1OCC1CCC(C)(C)O1. The summed E-state index contributed by atoms with van der Waals surface area (Å²) in [6.07, 6.45) is 2.18. The van der Waals surface area contributed by atoms with E-state index in [4.69, 9.17) is 19.3 Å². The van der Waals surface area contributed by atoms with Gasteiger partial charge in [-0.2, -0.15) is 0 Å². The first-order valence-corrected chi connectivity index (χ1v) is 6.62. The molecule has 0 aliphatic carbocycles. The molecule has 1 heterocycles. The predicted molar refractivity (Wildman–Crippen MR) is 72.6 cm³/mol. The zero-order valence-corrected chi connectivity index (χ0v) is 11.8. The molecule has 1 saturated heterocycles. The quantitative estimate of drug-likeness (QED) is 0.889. The van der Waals surface area contributed by atoms with Crippen molar-refractivity contribution in [1.29, 1.82) is 0 Å². The number of benzene rings is 1. The van der Waals surface area contributed by atoms with E-state index in [2.05, 4.69) is 13.8 Å². The molecule has 0 spiro atoms. The standard InChI is InChI=1S/C15H22O4/c1-15(2)7-6-12(19-15)10-18-14-8-11(9-16)4-5-13(14)17-3/h4-5,8,12,16H,6-7,9-10H2,1-3H3. The van der Waals surface area contributed by atoms with Gasteiger partial charge >= 0.3 is 0 Å². The fourth-order valence-electron chi connectivity index (χ4n) is 2.31. The van der Waals surface area contributed by atoms with E-state index in [1.54, 1.807) is 19.2 Å². The zero-order chi connectivity index (χ0) is 13.9. The number of hydrogen-bond acceptors (Lipinski definition) is 4. The van der Waals surface area contributed by atoms with Crippen LogP contribution in [0.3, 0.4) is 0 Å². The Morgan fingerprint density at radius 2 is 2.16 bits per heavy atom. The minimum atomic E-state index is -0.0505. The second-order valence-corrected chi connectivity index (χ2v) is 5.49. The van der Waals surface area contributed by atoms with Crippen molar-refractivity contribution in [3.63, 3.8) is 0 Å². The van der Waals surface area contributed by atoms with Gasteiger partial charge in [-0.05, 0) is 44.4 Å². The molecule has 1 aliphatic heterocycles. The van der Waals surface area contributed by atoms with Crippen LogP contribution in [0.2, 0.25) is 0 Å². The highest BCUT2D eigenvalue weighted by molar-refractivity contribution is 5.42. The number of hydrogen-bond donors (Lipinski definition) is 1. The van der Waals surface area contributed by atoms with Crippen LogP contribution in [0, 0.1) is 0 Å². The van der Waals surface area contributed by atoms with Crippen molar-refractivity contribution in [3.05, 3.63) is 23.8 Å². The molecule has 1 fully saturated rings. The minimum absolute atomic E-state index is 0.00663. The number of ether oxygens (including phenoxy) is 3. The predicted octanol–water partition coefficient (Wildman–Crippen LogP) is 2.52. The number of rotatable bonds is 5. The zero-order valence-electron chi connectivity index (χ0n) is 11.8. The summed E-state index contributed by atoms with van der Waals surface area (Å²) in [7, 11) is 1.61. The van der Waals surface area contributed by atoms with Crippen LogP contribution in [0.25, 0.3) is 0 Å². The van der Waals surface area contributed by atoms with E-state index >= 15 is 0 Å². The van der Waals surface area contributed by atoms with Crippen LogP contribution in [0.15, 0.2) is 18.2 Å². The summed E-state index contributed by atoms with van der Waals surface area (Å²) in [5.74, 6) is 1.33. The van der Waals surface area contributed by atoms with Gasteiger partial charge in [-0.25, -0.2) is 0 Å². The number of aliphatic hydroxyl groups is 1. The van der Waals surface area contributed by atoms with Gasteiger partial charge in [0.15, 0.2) is 11.5 Å². The van der Waals surface area contributed by atoms with E-state index in [0.717, 1.165) is 18.4 Å². The third-order valence-corrected chi connectivity index (χ3v) is 3.39. The number of aliphatic hydroxyl groups excluding tert-OH is 1. The smallest absolute Gasteiger partial charge is 0.161 e. The van der Waals surface area contributed by atoms with Crippen LogP contribution in [0.5, 0.6) is 11.5 Å². The molecule has 1 aromatic rings. The third kappa shape index (κ3) is 3.61. The van der Waals surface area contributed by atoms with Crippen molar-refractivity contribution in [1.82, 2.24) is 0 Å². The van der Waals surface area contributed by atoms with Crippen molar-refractivity contribution < 1.29 is 19.3 Å². The van der Waals surface area contributed by atoms with Gasteiger partial charge < -0.3 is 19.3 Å². The monoisotopic (exact) mass is 266 g/mol. The summed E-state index contributed by atoms with van der Waals surface area (Å²) in [6.45, 7) is 4.70. The molecule has 1 unspecified atom stereocenters. The molecule has 1 atom stereocenters. The Kier molecular flexibility index (Phi) is 4.32. The maximum Gasteiger partial charge on any atom is 0.161 e. The van der Waals surface area contributed by atoms with Gasteiger partial charge in [-0.1, -0.05) is 6.07 Å². The Morgan fingerprint density at radius 3 is 2.74 bits per heavy atom. The van der Waals surface area contributed by atoms with E-state index in [-0.39, 0.29) is 18.3 Å². The van der Waals surface area contributed by atoms with E-state index < -0.39 is 0 Å². The van der Waals surface area contributed by atoms with Gasteiger partial charge in [0.2, 0.25) is 0 Å².